The number of esters is 1. The second-order valence-electron chi connectivity index (χ2n) is 5.48. The Kier molecular flexibility index (Phi) is 4.99. The largest absolute Gasteiger partial charge is 0.465 e. The Bertz CT molecular complexity index is 979. The molecule has 1 heterocycles. The highest BCUT2D eigenvalue weighted by atomic mass is 19.1. The van der Waals surface area contributed by atoms with Gasteiger partial charge in [0.1, 0.15) is 11.4 Å². The molecule has 0 fully saturated rings. The zero-order chi connectivity index (χ0) is 18.7. The minimum atomic E-state index is -0.831. The van der Waals surface area contributed by atoms with Crippen molar-refractivity contribution in [2.45, 2.75) is 6.61 Å². The second-order valence-corrected chi connectivity index (χ2v) is 5.48. The van der Waals surface area contributed by atoms with Gasteiger partial charge in [-0.1, -0.05) is 18.2 Å². The van der Waals surface area contributed by atoms with Crippen LogP contribution in [0.3, 0.4) is 0 Å². The van der Waals surface area contributed by atoms with Crippen LogP contribution in [0, 0.1) is 5.82 Å². The van der Waals surface area contributed by atoms with Crippen LogP contribution in [0.25, 0.3) is 11.0 Å². The highest BCUT2D eigenvalue weighted by Crippen LogP contribution is 2.27. The quantitative estimate of drug-likeness (QED) is 0.704. The second kappa shape index (κ2) is 7.37. The summed E-state index contributed by atoms with van der Waals surface area (Å²) < 4.78 is 29.1. The predicted octanol–water partition coefficient (Wildman–Crippen LogP) is 3.76. The van der Waals surface area contributed by atoms with E-state index in [4.69, 9.17) is 9.15 Å². The summed E-state index contributed by atoms with van der Waals surface area (Å²) in [6.07, 6.45) is 0. The monoisotopic (exact) mass is 357 g/mol. The maximum Gasteiger partial charge on any atom is 0.340 e. The van der Waals surface area contributed by atoms with Crippen molar-refractivity contribution in [1.29, 1.82) is 0 Å². The lowest BCUT2D eigenvalue weighted by Crippen LogP contribution is -2.14. The minimum Gasteiger partial charge on any atom is -0.465 e. The molecule has 134 valence electrons. The molecule has 0 radical (unpaired) electrons. The number of anilines is 1. The number of hydrogen-bond donors (Lipinski definition) is 1. The smallest absolute Gasteiger partial charge is 0.340 e. The van der Waals surface area contributed by atoms with E-state index in [1.807, 2.05) is 12.1 Å². The Labute approximate surface area is 148 Å². The van der Waals surface area contributed by atoms with E-state index in [1.54, 1.807) is 12.1 Å². The van der Waals surface area contributed by atoms with E-state index >= 15 is 0 Å². The summed E-state index contributed by atoms with van der Waals surface area (Å²) in [7, 11) is 2.67. The Hall–Kier alpha value is -3.19. The molecule has 0 aliphatic heterocycles. The van der Waals surface area contributed by atoms with Gasteiger partial charge in [-0.25, -0.2) is 9.18 Å². The van der Waals surface area contributed by atoms with E-state index in [2.05, 4.69) is 10.1 Å². The van der Waals surface area contributed by atoms with Crippen LogP contribution in [0.5, 0.6) is 0 Å². The number of carbonyl (C=O) groups excluding carboxylic acids is 2. The molecule has 0 aliphatic carbocycles. The van der Waals surface area contributed by atoms with Crippen molar-refractivity contribution in [3.63, 3.8) is 0 Å². The third-order valence-corrected chi connectivity index (χ3v) is 3.82. The van der Waals surface area contributed by atoms with Gasteiger partial charge in [0.05, 0.1) is 19.3 Å². The predicted molar refractivity (Wildman–Crippen MR) is 92.6 cm³/mol. The number of rotatable bonds is 5. The number of nitrogens with one attached hydrogen (secondary N) is 1. The van der Waals surface area contributed by atoms with Gasteiger partial charge in [0.25, 0.3) is 5.91 Å². The lowest BCUT2D eigenvalue weighted by Gasteiger charge is -2.07. The summed E-state index contributed by atoms with van der Waals surface area (Å²) in [5.41, 5.74) is 1.13. The van der Waals surface area contributed by atoms with Crippen LogP contribution in [-0.2, 0) is 16.1 Å². The molecule has 0 unspecified atom stereocenters. The van der Waals surface area contributed by atoms with Crippen LogP contribution in [0.2, 0.25) is 0 Å². The van der Waals surface area contributed by atoms with Crippen molar-refractivity contribution in [3.8, 4) is 0 Å². The number of amides is 1. The molecule has 7 heteroatoms. The van der Waals surface area contributed by atoms with Gasteiger partial charge in [-0.15, -0.1) is 0 Å². The van der Waals surface area contributed by atoms with E-state index in [-0.39, 0.29) is 23.6 Å². The number of halogens is 1. The topological polar surface area (TPSA) is 77.8 Å². The fourth-order valence-corrected chi connectivity index (χ4v) is 2.63. The van der Waals surface area contributed by atoms with Crippen molar-refractivity contribution in [3.05, 3.63) is 65.2 Å². The highest BCUT2D eigenvalue weighted by Gasteiger charge is 2.21. The Balaban J connectivity index is 1.95. The van der Waals surface area contributed by atoms with Crippen molar-refractivity contribution in [2.24, 2.45) is 0 Å². The summed E-state index contributed by atoms with van der Waals surface area (Å²) in [4.78, 5) is 24.2. The van der Waals surface area contributed by atoms with Gasteiger partial charge in [-0.2, -0.15) is 0 Å². The molecule has 0 bridgehead atoms. The first kappa shape index (κ1) is 17.6. The van der Waals surface area contributed by atoms with E-state index < -0.39 is 17.7 Å². The molecule has 0 atom stereocenters. The number of ether oxygens (including phenoxy) is 2. The molecule has 2 aromatic carbocycles. The van der Waals surface area contributed by atoms with E-state index in [0.29, 0.717) is 11.1 Å². The standard InChI is InChI=1S/C19H16FNO5/c1-24-10-14-12-5-3-4-6-16(12)26-17(14)18(22)21-11-7-8-15(20)13(9-11)19(23)25-2/h3-9H,10H2,1-2H3,(H,21,22). The maximum atomic E-state index is 13.7. The summed E-state index contributed by atoms with van der Waals surface area (Å²) in [5.74, 6) is -2.01. The lowest BCUT2D eigenvalue weighted by atomic mass is 10.1. The average Bonchev–Trinajstić information content (AvgIpc) is 3.02. The van der Waals surface area contributed by atoms with Crippen LogP contribution in [0.1, 0.15) is 26.5 Å². The molecular weight excluding hydrogens is 341 g/mol. The molecule has 26 heavy (non-hydrogen) atoms. The fraction of sp³-hybridized carbons (Fsp3) is 0.158. The normalized spacial score (nSPS) is 10.7. The first-order valence-corrected chi connectivity index (χ1v) is 7.73. The fourth-order valence-electron chi connectivity index (χ4n) is 2.63. The van der Waals surface area contributed by atoms with Gasteiger partial charge in [0.2, 0.25) is 0 Å². The van der Waals surface area contributed by atoms with Crippen LogP contribution >= 0.6 is 0 Å². The average molecular weight is 357 g/mol. The maximum absolute atomic E-state index is 13.7. The molecule has 0 spiro atoms. The number of hydrogen-bond acceptors (Lipinski definition) is 5. The minimum absolute atomic E-state index is 0.0944. The number of benzene rings is 2. The zero-order valence-corrected chi connectivity index (χ0v) is 14.2. The molecule has 3 rings (SSSR count). The first-order chi connectivity index (χ1) is 12.5. The van der Waals surface area contributed by atoms with Crippen molar-refractivity contribution < 1.29 is 27.9 Å². The van der Waals surface area contributed by atoms with E-state index in [1.165, 1.54) is 19.2 Å². The molecular formula is C19H16FNO5. The van der Waals surface area contributed by atoms with Crippen LogP contribution in [-0.4, -0.2) is 26.1 Å². The van der Waals surface area contributed by atoms with E-state index in [0.717, 1.165) is 18.6 Å². The Morgan fingerprint density at radius 2 is 1.92 bits per heavy atom. The highest BCUT2D eigenvalue weighted by molar-refractivity contribution is 6.07. The van der Waals surface area contributed by atoms with Crippen LogP contribution < -0.4 is 5.32 Å². The third-order valence-electron chi connectivity index (χ3n) is 3.82. The lowest BCUT2D eigenvalue weighted by molar-refractivity contribution is 0.0595. The van der Waals surface area contributed by atoms with E-state index in [9.17, 15) is 14.0 Å². The molecule has 1 amide bonds. The number of methoxy groups -OCH3 is 2. The molecule has 1 aromatic heterocycles. The van der Waals surface area contributed by atoms with Gasteiger partial charge in [-0.05, 0) is 24.3 Å². The molecule has 1 N–H and O–H groups in total. The molecule has 6 nitrogen and oxygen atoms in total. The van der Waals surface area contributed by atoms with Crippen molar-refractivity contribution >= 4 is 28.5 Å². The molecule has 0 aliphatic rings. The number of carbonyl (C=O) groups is 2. The van der Waals surface area contributed by atoms with Gasteiger partial charge < -0.3 is 19.2 Å². The number of furan rings is 1. The summed E-state index contributed by atoms with van der Waals surface area (Å²) >= 11 is 0. The first-order valence-electron chi connectivity index (χ1n) is 7.73. The van der Waals surface area contributed by atoms with Crippen LogP contribution in [0.4, 0.5) is 10.1 Å². The SMILES string of the molecule is COCc1c(C(=O)Nc2ccc(F)c(C(=O)OC)c2)oc2ccccc12. The summed E-state index contributed by atoms with van der Waals surface area (Å²) in [5, 5.41) is 3.37. The molecule has 0 saturated carbocycles. The zero-order valence-electron chi connectivity index (χ0n) is 14.2. The Morgan fingerprint density at radius 3 is 2.65 bits per heavy atom. The van der Waals surface area contributed by atoms with Gasteiger partial charge in [0.15, 0.2) is 5.76 Å². The van der Waals surface area contributed by atoms with Crippen LogP contribution in [0.15, 0.2) is 46.9 Å². The Morgan fingerprint density at radius 1 is 1.15 bits per heavy atom. The molecule has 3 aromatic rings. The number of fused-ring (bicyclic) bond motifs is 1. The summed E-state index contributed by atoms with van der Waals surface area (Å²) in [6, 6.07) is 10.8. The van der Waals surface area contributed by atoms with Gasteiger partial charge in [0, 0.05) is 23.7 Å². The third kappa shape index (κ3) is 3.29. The van der Waals surface area contributed by atoms with Crippen molar-refractivity contribution in [1.82, 2.24) is 0 Å². The van der Waals surface area contributed by atoms with Gasteiger partial charge in [-0.3, -0.25) is 4.79 Å². The van der Waals surface area contributed by atoms with Gasteiger partial charge >= 0.3 is 5.97 Å². The number of para-hydroxylation sites is 1. The summed E-state index contributed by atoms with van der Waals surface area (Å²) in [6.45, 7) is 0.191. The molecule has 0 saturated heterocycles. The van der Waals surface area contributed by atoms with Crippen molar-refractivity contribution in [2.75, 3.05) is 19.5 Å².